The molecule has 0 amide bonds. The van der Waals surface area contributed by atoms with Crippen LogP contribution >= 0.6 is 11.8 Å². The van der Waals surface area contributed by atoms with Crippen molar-refractivity contribution in [3.8, 4) is 0 Å². The van der Waals surface area contributed by atoms with E-state index < -0.39 is 0 Å². The van der Waals surface area contributed by atoms with E-state index in [1.54, 1.807) is 4.52 Å². The maximum absolute atomic E-state index is 5.89. The fourth-order valence-electron chi connectivity index (χ4n) is 2.71. The third-order valence-corrected chi connectivity index (χ3v) is 4.89. The van der Waals surface area contributed by atoms with Crippen LogP contribution in [0.25, 0.3) is 5.78 Å². The van der Waals surface area contributed by atoms with Crippen molar-refractivity contribution in [2.45, 2.75) is 31.2 Å². The SMILES string of the molecule is Cc1cc(C)n2nc(SC(C)c3nc(N)nc(Nc4ccccc4)n3)nc2n1. The molecule has 142 valence electrons. The monoisotopic (exact) mass is 393 g/mol. The highest BCUT2D eigenvalue weighted by Gasteiger charge is 2.17. The lowest BCUT2D eigenvalue weighted by Gasteiger charge is -2.10. The van der Waals surface area contributed by atoms with E-state index in [1.165, 1.54) is 11.8 Å². The highest BCUT2D eigenvalue weighted by atomic mass is 32.2. The van der Waals surface area contributed by atoms with Crippen molar-refractivity contribution in [1.82, 2.24) is 34.5 Å². The fraction of sp³-hybridized carbons (Fsp3) is 0.222. The Bertz CT molecular complexity index is 1130. The largest absolute Gasteiger partial charge is 0.368 e. The second-order valence-corrected chi connectivity index (χ2v) is 7.58. The van der Waals surface area contributed by atoms with Crippen LogP contribution in [-0.2, 0) is 0 Å². The lowest BCUT2D eigenvalue weighted by molar-refractivity contribution is 0.835. The van der Waals surface area contributed by atoms with E-state index in [2.05, 4.69) is 35.3 Å². The molecule has 0 bridgehead atoms. The molecule has 10 heteroatoms. The smallest absolute Gasteiger partial charge is 0.253 e. The van der Waals surface area contributed by atoms with Gasteiger partial charge in [-0.3, -0.25) is 0 Å². The maximum Gasteiger partial charge on any atom is 0.253 e. The number of nitrogens with one attached hydrogen (secondary N) is 1. The Kier molecular flexibility index (Phi) is 4.78. The van der Waals surface area contributed by atoms with Crippen molar-refractivity contribution in [3.63, 3.8) is 0 Å². The number of rotatable bonds is 5. The lowest BCUT2D eigenvalue weighted by Crippen LogP contribution is -2.08. The third kappa shape index (κ3) is 3.86. The molecule has 0 aliphatic heterocycles. The van der Waals surface area contributed by atoms with Crippen molar-refractivity contribution in [2.75, 3.05) is 11.1 Å². The Morgan fingerprint density at radius 3 is 2.61 bits per heavy atom. The molecule has 0 radical (unpaired) electrons. The van der Waals surface area contributed by atoms with E-state index in [-0.39, 0.29) is 11.2 Å². The minimum Gasteiger partial charge on any atom is -0.368 e. The van der Waals surface area contributed by atoms with Gasteiger partial charge in [0.05, 0.1) is 5.25 Å². The van der Waals surface area contributed by atoms with E-state index in [9.17, 15) is 0 Å². The Morgan fingerprint density at radius 2 is 1.82 bits per heavy atom. The summed E-state index contributed by atoms with van der Waals surface area (Å²) in [5.74, 6) is 1.69. The van der Waals surface area contributed by atoms with Gasteiger partial charge in [0, 0.05) is 17.1 Å². The molecule has 3 heterocycles. The molecule has 0 aliphatic rings. The first-order chi connectivity index (χ1) is 13.5. The number of anilines is 3. The summed E-state index contributed by atoms with van der Waals surface area (Å²) in [6, 6.07) is 11.6. The first kappa shape index (κ1) is 18.1. The van der Waals surface area contributed by atoms with Gasteiger partial charge in [0.2, 0.25) is 17.1 Å². The van der Waals surface area contributed by atoms with Crippen LogP contribution in [0.15, 0.2) is 41.6 Å². The summed E-state index contributed by atoms with van der Waals surface area (Å²) in [5.41, 5.74) is 8.64. The minimum absolute atomic E-state index is 0.125. The molecule has 0 fully saturated rings. The van der Waals surface area contributed by atoms with Crippen molar-refractivity contribution in [2.24, 2.45) is 0 Å². The van der Waals surface area contributed by atoms with Gasteiger partial charge in [0.15, 0.2) is 0 Å². The zero-order valence-electron chi connectivity index (χ0n) is 15.7. The molecule has 1 aromatic carbocycles. The number of nitrogen functional groups attached to an aromatic ring is 1. The zero-order valence-corrected chi connectivity index (χ0v) is 16.5. The number of aryl methyl sites for hydroxylation is 2. The van der Waals surface area contributed by atoms with Gasteiger partial charge in [0.1, 0.15) is 5.82 Å². The van der Waals surface area contributed by atoms with Crippen LogP contribution in [0.3, 0.4) is 0 Å². The van der Waals surface area contributed by atoms with E-state index in [0.29, 0.717) is 22.7 Å². The van der Waals surface area contributed by atoms with Crippen LogP contribution in [0, 0.1) is 13.8 Å². The van der Waals surface area contributed by atoms with E-state index >= 15 is 0 Å². The van der Waals surface area contributed by atoms with Gasteiger partial charge < -0.3 is 11.1 Å². The molecule has 4 aromatic rings. The van der Waals surface area contributed by atoms with Gasteiger partial charge >= 0.3 is 0 Å². The molecular formula is C18H19N9S. The lowest BCUT2D eigenvalue weighted by atomic mass is 10.3. The Labute approximate surface area is 165 Å². The number of fused-ring (bicyclic) bond motifs is 1. The number of benzene rings is 1. The van der Waals surface area contributed by atoms with Gasteiger partial charge in [-0.2, -0.15) is 19.9 Å². The minimum atomic E-state index is -0.125. The van der Waals surface area contributed by atoms with Gasteiger partial charge in [-0.05, 0) is 39.0 Å². The number of hydrogen-bond acceptors (Lipinski definition) is 9. The van der Waals surface area contributed by atoms with Gasteiger partial charge in [-0.15, -0.1) is 5.10 Å². The quantitative estimate of drug-likeness (QED) is 0.493. The number of hydrogen-bond donors (Lipinski definition) is 2. The van der Waals surface area contributed by atoms with Crippen LogP contribution in [-0.4, -0.2) is 34.5 Å². The third-order valence-electron chi connectivity index (χ3n) is 3.94. The Hall–Kier alpha value is -3.27. The van der Waals surface area contributed by atoms with Crippen LogP contribution in [0.5, 0.6) is 0 Å². The zero-order chi connectivity index (χ0) is 19.7. The van der Waals surface area contributed by atoms with Crippen molar-refractivity contribution < 1.29 is 0 Å². The molecular weight excluding hydrogens is 374 g/mol. The second kappa shape index (κ2) is 7.39. The van der Waals surface area contributed by atoms with Crippen LogP contribution in [0.1, 0.15) is 29.4 Å². The van der Waals surface area contributed by atoms with Crippen molar-refractivity contribution in [1.29, 1.82) is 0 Å². The maximum atomic E-state index is 5.89. The topological polar surface area (TPSA) is 120 Å². The summed E-state index contributed by atoms with van der Waals surface area (Å²) in [6.45, 7) is 5.89. The first-order valence-corrected chi connectivity index (χ1v) is 9.57. The summed E-state index contributed by atoms with van der Waals surface area (Å²) in [6.07, 6.45) is 0. The predicted molar refractivity (Wildman–Crippen MR) is 108 cm³/mol. The number of para-hydroxylation sites is 1. The molecule has 28 heavy (non-hydrogen) atoms. The normalized spacial score (nSPS) is 12.2. The summed E-state index contributed by atoms with van der Waals surface area (Å²) in [7, 11) is 0. The summed E-state index contributed by atoms with van der Waals surface area (Å²) < 4.78 is 1.73. The van der Waals surface area contributed by atoms with E-state index in [0.717, 1.165) is 17.1 Å². The number of aromatic nitrogens is 7. The molecule has 0 saturated heterocycles. The van der Waals surface area contributed by atoms with Crippen molar-refractivity contribution in [3.05, 3.63) is 53.6 Å². The second-order valence-electron chi connectivity index (χ2n) is 6.27. The van der Waals surface area contributed by atoms with Crippen LogP contribution in [0.2, 0.25) is 0 Å². The Morgan fingerprint density at radius 1 is 1.04 bits per heavy atom. The molecule has 0 aliphatic carbocycles. The molecule has 9 nitrogen and oxygen atoms in total. The number of nitrogens with two attached hydrogens (primary N) is 1. The van der Waals surface area contributed by atoms with Crippen LogP contribution < -0.4 is 11.1 Å². The predicted octanol–water partition coefficient (Wildman–Crippen LogP) is 3.11. The average molecular weight is 393 g/mol. The molecule has 0 saturated carbocycles. The summed E-state index contributed by atoms with van der Waals surface area (Å²) >= 11 is 1.44. The molecule has 3 aromatic heterocycles. The number of nitrogens with zero attached hydrogens (tertiary/aromatic N) is 7. The fourth-order valence-corrected chi connectivity index (χ4v) is 3.50. The number of thioether (sulfide) groups is 1. The first-order valence-electron chi connectivity index (χ1n) is 8.69. The summed E-state index contributed by atoms with van der Waals surface area (Å²) in [5, 5.41) is 8.14. The van der Waals surface area contributed by atoms with Gasteiger partial charge in [0.25, 0.3) is 5.78 Å². The van der Waals surface area contributed by atoms with E-state index in [4.69, 9.17) is 5.73 Å². The van der Waals surface area contributed by atoms with E-state index in [1.807, 2.05) is 57.2 Å². The Balaban J connectivity index is 1.58. The standard InChI is InChI=1S/C18H19N9S/c1-10-9-11(2)27-17(20-10)25-18(26-27)28-12(3)14-22-15(19)24-16(23-14)21-13-7-5-4-6-8-13/h4-9,12H,1-3H3,(H3,19,21,22,23,24). The molecule has 1 unspecified atom stereocenters. The molecule has 0 spiro atoms. The van der Waals surface area contributed by atoms with Crippen LogP contribution in [0.4, 0.5) is 17.6 Å². The highest BCUT2D eigenvalue weighted by molar-refractivity contribution is 7.99. The van der Waals surface area contributed by atoms with Gasteiger partial charge in [-0.25, -0.2) is 9.50 Å². The molecule has 1 atom stereocenters. The van der Waals surface area contributed by atoms with Crippen molar-refractivity contribution >= 4 is 35.1 Å². The molecule has 4 rings (SSSR count). The van der Waals surface area contributed by atoms with Gasteiger partial charge in [-0.1, -0.05) is 30.0 Å². The summed E-state index contributed by atoms with van der Waals surface area (Å²) in [4.78, 5) is 21.9. The highest BCUT2D eigenvalue weighted by Crippen LogP contribution is 2.32. The molecule has 3 N–H and O–H groups in total. The average Bonchev–Trinajstić information content (AvgIpc) is 3.04.